The summed E-state index contributed by atoms with van der Waals surface area (Å²) < 4.78 is 5.82. The highest BCUT2D eigenvalue weighted by atomic mass is 16.5. The second-order valence-corrected chi connectivity index (χ2v) is 6.07. The van der Waals surface area contributed by atoms with Crippen LogP contribution < -0.4 is 16.2 Å². The highest BCUT2D eigenvalue weighted by molar-refractivity contribution is 6.05. The van der Waals surface area contributed by atoms with Gasteiger partial charge in [-0.3, -0.25) is 19.0 Å². The largest absolute Gasteiger partial charge is 0.453 e. The standard InChI is InChI=1S/C19H19N3O5/c1-27-19(26)20-11-22-15-8-5-9-16(23)13(15)10-14(18(22)25)21-17(24)12-6-3-2-4-7-12/h2-4,6-7,10H,5,8-9,11H2,1H3,(H,20,26)(H,21,24). The molecule has 2 aromatic rings. The van der Waals surface area contributed by atoms with Crippen LogP contribution in [-0.2, 0) is 17.8 Å². The lowest BCUT2D eigenvalue weighted by molar-refractivity contribution is 0.0968. The van der Waals surface area contributed by atoms with Crippen LogP contribution in [0.1, 0.15) is 39.3 Å². The molecule has 0 aliphatic heterocycles. The van der Waals surface area contributed by atoms with Gasteiger partial charge in [-0.05, 0) is 31.0 Å². The number of aromatic nitrogens is 1. The molecule has 140 valence electrons. The highest BCUT2D eigenvalue weighted by Crippen LogP contribution is 2.22. The van der Waals surface area contributed by atoms with Crippen molar-refractivity contribution in [3.05, 3.63) is 63.6 Å². The highest BCUT2D eigenvalue weighted by Gasteiger charge is 2.24. The van der Waals surface area contributed by atoms with Crippen molar-refractivity contribution in [2.24, 2.45) is 0 Å². The van der Waals surface area contributed by atoms with E-state index in [-0.39, 0.29) is 18.1 Å². The van der Waals surface area contributed by atoms with Gasteiger partial charge in [0, 0.05) is 23.2 Å². The number of amides is 2. The zero-order chi connectivity index (χ0) is 19.4. The Hall–Kier alpha value is -3.42. The number of anilines is 1. The number of fused-ring (bicyclic) bond motifs is 1. The van der Waals surface area contributed by atoms with Gasteiger partial charge in [-0.25, -0.2) is 4.79 Å². The van der Waals surface area contributed by atoms with Crippen LogP contribution in [0, 0.1) is 0 Å². The fourth-order valence-corrected chi connectivity index (χ4v) is 3.02. The zero-order valence-corrected chi connectivity index (χ0v) is 14.8. The Labute approximate surface area is 155 Å². The first-order chi connectivity index (χ1) is 13.0. The molecule has 2 N–H and O–H groups in total. The SMILES string of the molecule is COC(=O)NCn1c2c(cc(NC(=O)c3ccccc3)c1=O)C(=O)CCC2. The molecule has 0 atom stereocenters. The minimum absolute atomic E-state index is 0.00970. The summed E-state index contributed by atoms with van der Waals surface area (Å²) in [5.41, 5.74) is 0.815. The second-order valence-electron chi connectivity index (χ2n) is 6.07. The van der Waals surface area contributed by atoms with Crippen LogP contribution in [0.15, 0.2) is 41.2 Å². The van der Waals surface area contributed by atoms with Crippen molar-refractivity contribution in [2.45, 2.75) is 25.9 Å². The summed E-state index contributed by atoms with van der Waals surface area (Å²) in [6, 6.07) is 9.87. The predicted molar refractivity (Wildman–Crippen MR) is 97.9 cm³/mol. The number of carbonyl (C=O) groups is 3. The van der Waals surface area contributed by atoms with E-state index in [0.29, 0.717) is 36.1 Å². The molecule has 8 nitrogen and oxygen atoms in total. The summed E-state index contributed by atoms with van der Waals surface area (Å²) >= 11 is 0. The number of pyridine rings is 1. The molecule has 0 fully saturated rings. The van der Waals surface area contributed by atoms with E-state index in [1.54, 1.807) is 30.3 Å². The van der Waals surface area contributed by atoms with Gasteiger partial charge in [0.2, 0.25) is 0 Å². The number of hydrogen-bond acceptors (Lipinski definition) is 5. The summed E-state index contributed by atoms with van der Waals surface area (Å²) in [5, 5.41) is 5.02. The predicted octanol–water partition coefficient (Wildman–Crippen LogP) is 1.93. The lowest BCUT2D eigenvalue weighted by Crippen LogP contribution is -2.37. The average Bonchev–Trinajstić information content (AvgIpc) is 2.69. The Morgan fingerprint density at radius 3 is 2.59 bits per heavy atom. The van der Waals surface area contributed by atoms with E-state index in [4.69, 9.17) is 0 Å². The van der Waals surface area contributed by atoms with E-state index in [1.807, 2.05) is 0 Å². The Balaban J connectivity index is 2.00. The molecule has 1 aromatic carbocycles. The number of carbonyl (C=O) groups excluding carboxylic acids is 3. The monoisotopic (exact) mass is 369 g/mol. The quantitative estimate of drug-likeness (QED) is 0.856. The Bertz CT molecular complexity index is 950. The summed E-state index contributed by atoms with van der Waals surface area (Å²) in [6.45, 7) is -0.157. The van der Waals surface area contributed by atoms with Crippen molar-refractivity contribution in [3.63, 3.8) is 0 Å². The average molecular weight is 369 g/mol. The van der Waals surface area contributed by atoms with E-state index in [9.17, 15) is 19.2 Å². The lowest BCUT2D eigenvalue weighted by Gasteiger charge is -2.22. The van der Waals surface area contributed by atoms with Gasteiger partial charge in [0.25, 0.3) is 11.5 Å². The van der Waals surface area contributed by atoms with Crippen LogP contribution in [0.2, 0.25) is 0 Å². The third-order valence-electron chi connectivity index (χ3n) is 4.37. The van der Waals surface area contributed by atoms with Gasteiger partial charge in [0.05, 0.1) is 7.11 Å². The lowest BCUT2D eigenvalue weighted by atomic mass is 9.94. The molecule has 8 heteroatoms. The fraction of sp³-hybridized carbons (Fsp3) is 0.263. The maximum absolute atomic E-state index is 12.9. The number of nitrogens with zero attached hydrogens (tertiary/aromatic N) is 1. The normalized spacial score (nSPS) is 12.9. The first-order valence-corrected chi connectivity index (χ1v) is 8.49. The Morgan fingerprint density at radius 1 is 1.15 bits per heavy atom. The van der Waals surface area contributed by atoms with E-state index in [0.717, 1.165) is 0 Å². The van der Waals surface area contributed by atoms with Crippen LogP contribution in [0.4, 0.5) is 10.5 Å². The van der Waals surface area contributed by atoms with Crippen LogP contribution in [0.3, 0.4) is 0 Å². The van der Waals surface area contributed by atoms with E-state index in [1.165, 1.54) is 17.7 Å². The number of Topliss-reactive ketones (excluding diaryl/α,β-unsaturated/α-hetero) is 1. The molecule has 0 saturated carbocycles. The molecular weight excluding hydrogens is 350 g/mol. The van der Waals surface area contributed by atoms with Crippen LogP contribution >= 0.6 is 0 Å². The summed E-state index contributed by atoms with van der Waals surface area (Å²) in [7, 11) is 1.22. The van der Waals surface area contributed by atoms with Crippen molar-refractivity contribution in [1.29, 1.82) is 0 Å². The van der Waals surface area contributed by atoms with Crippen molar-refractivity contribution >= 4 is 23.5 Å². The van der Waals surface area contributed by atoms with Gasteiger partial charge in [0.15, 0.2) is 5.78 Å². The van der Waals surface area contributed by atoms with Gasteiger partial charge in [-0.1, -0.05) is 18.2 Å². The fourth-order valence-electron chi connectivity index (χ4n) is 3.02. The minimum Gasteiger partial charge on any atom is -0.453 e. The number of nitrogens with one attached hydrogen (secondary N) is 2. The molecule has 0 spiro atoms. The summed E-state index contributed by atoms with van der Waals surface area (Å²) in [5.74, 6) is -0.554. The molecule has 1 aromatic heterocycles. The van der Waals surface area contributed by atoms with E-state index < -0.39 is 17.6 Å². The number of alkyl carbamates (subject to hydrolysis) is 1. The minimum atomic E-state index is -0.698. The van der Waals surface area contributed by atoms with Crippen molar-refractivity contribution in [2.75, 3.05) is 12.4 Å². The number of methoxy groups -OCH3 is 1. The topological polar surface area (TPSA) is 106 Å². The van der Waals surface area contributed by atoms with Crippen LogP contribution in [0.25, 0.3) is 0 Å². The second kappa shape index (κ2) is 7.86. The molecule has 0 radical (unpaired) electrons. The van der Waals surface area contributed by atoms with E-state index in [2.05, 4.69) is 15.4 Å². The van der Waals surface area contributed by atoms with Crippen LogP contribution in [-0.4, -0.2) is 29.5 Å². The zero-order valence-electron chi connectivity index (χ0n) is 14.8. The summed E-state index contributed by atoms with van der Waals surface area (Å²) in [6.07, 6.45) is 0.837. The van der Waals surface area contributed by atoms with E-state index >= 15 is 0 Å². The van der Waals surface area contributed by atoms with Crippen molar-refractivity contribution < 1.29 is 19.1 Å². The molecule has 1 aliphatic rings. The molecule has 3 rings (SSSR count). The van der Waals surface area contributed by atoms with Gasteiger partial charge in [-0.2, -0.15) is 0 Å². The van der Waals surface area contributed by atoms with Crippen LogP contribution in [0.5, 0.6) is 0 Å². The number of ketones is 1. The molecule has 0 bridgehead atoms. The smallest absolute Gasteiger partial charge is 0.408 e. The molecule has 2 amide bonds. The molecule has 27 heavy (non-hydrogen) atoms. The van der Waals surface area contributed by atoms with Crippen molar-refractivity contribution in [3.8, 4) is 0 Å². The molecule has 1 aliphatic carbocycles. The number of benzene rings is 1. The first-order valence-electron chi connectivity index (χ1n) is 8.49. The third-order valence-corrected chi connectivity index (χ3v) is 4.37. The van der Waals surface area contributed by atoms with Gasteiger partial charge in [-0.15, -0.1) is 0 Å². The Kier molecular flexibility index (Phi) is 5.35. The third kappa shape index (κ3) is 3.89. The number of ether oxygens (including phenoxy) is 1. The molecule has 0 saturated heterocycles. The molecule has 1 heterocycles. The van der Waals surface area contributed by atoms with Gasteiger partial charge < -0.3 is 15.4 Å². The van der Waals surface area contributed by atoms with Crippen molar-refractivity contribution in [1.82, 2.24) is 9.88 Å². The maximum atomic E-state index is 12.9. The van der Waals surface area contributed by atoms with Gasteiger partial charge >= 0.3 is 6.09 Å². The molecule has 0 unspecified atom stereocenters. The summed E-state index contributed by atoms with van der Waals surface area (Å²) in [4.78, 5) is 49.0. The number of rotatable bonds is 4. The maximum Gasteiger partial charge on any atom is 0.408 e. The molecular formula is C19H19N3O5. The first kappa shape index (κ1) is 18.4. The van der Waals surface area contributed by atoms with Gasteiger partial charge in [0.1, 0.15) is 12.4 Å². The number of hydrogen-bond donors (Lipinski definition) is 2. The Morgan fingerprint density at radius 2 is 1.89 bits per heavy atom.